The maximum atomic E-state index is 12.2. The largest absolute Gasteiger partial charge is 0.490 e. The summed E-state index contributed by atoms with van der Waals surface area (Å²) in [5.41, 5.74) is 2.31. The van der Waals surface area contributed by atoms with Crippen molar-refractivity contribution in [3.8, 4) is 11.5 Å². The van der Waals surface area contributed by atoms with Crippen molar-refractivity contribution in [2.24, 2.45) is 0 Å². The Hall–Kier alpha value is -2.35. The number of ether oxygens (including phenoxy) is 4. The zero-order valence-corrected chi connectivity index (χ0v) is 19.3. The molecule has 0 fully saturated rings. The number of esters is 1. The second-order valence-corrected chi connectivity index (χ2v) is 7.65. The summed E-state index contributed by atoms with van der Waals surface area (Å²) >= 11 is 11.9. The molecule has 8 heteroatoms. The monoisotopic (exact) mass is 463 g/mol. The molecule has 3 rings (SSSR count). The van der Waals surface area contributed by atoms with Gasteiger partial charge in [0.1, 0.15) is 17.2 Å². The third-order valence-corrected chi connectivity index (χ3v) is 5.28. The van der Waals surface area contributed by atoms with Crippen LogP contribution in [0.4, 0.5) is 5.69 Å². The quantitative estimate of drug-likeness (QED) is 0.420. The van der Waals surface area contributed by atoms with Crippen LogP contribution in [-0.4, -0.2) is 36.9 Å². The fourth-order valence-electron chi connectivity index (χ4n) is 3.44. The number of nitrogens with one attached hydrogen (secondary N) is 1. The summed E-state index contributed by atoms with van der Waals surface area (Å²) in [7, 11) is 0. The Bertz CT molecular complexity index is 952. The number of hydrogen-bond donors (Lipinski definition) is 1. The SMILES string of the molecule is CCOC(=O)CC1OC(c2cccc(OCC)c2OCC)c2cc(Cl)ccc2NC1=S. The Balaban J connectivity index is 2.11. The number of carbonyl (C=O) groups is 1. The summed E-state index contributed by atoms with van der Waals surface area (Å²) < 4.78 is 23.3. The van der Waals surface area contributed by atoms with Crippen molar-refractivity contribution in [2.75, 3.05) is 25.1 Å². The first kappa shape index (κ1) is 23.3. The van der Waals surface area contributed by atoms with Crippen LogP contribution in [0, 0.1) is 0 Å². The topological polar surface area (TPSA) is 66.0 Å². The molecule has 1 aliphatic heterocycles. The van der Waals surface area contributed by atoms with Crippen LogP contribution in [0.15, 0.2) is 36.4 Å². The predicted molar refractivity (Wildman–Crippen MR) is 124 cm³/mol. The molecular weight excluding hydrogens is 438 g/mol. The van der Waals surface area contributed by atoms with Crippen LogP contribution >= 0.6 is 23.8 Å². The maximum Gasteiger partial charge on any atom is 0.308 e. The van der Waals surface area contributed by atoms with E-state index in [1.165, 1.54) is 0 Å². The Morgan fingerprint density at radius 2 is 1.87 bits per heavy atom. The molecule has 1 heterocycles. The summed E-state index contributed by atoms with van der Waals surface area (Å²) in [5.74, 6) is 0.828. The zero-order chi connectivity index (χ0) is 22.4. The Kier molecular flexibility index (Phi) is 8.12. The lowest BCUT2D eigenvalue weighted by Gasteiger charge is -2.25. The van der Waals surface area contributed by atoms with Crippen molar-refractivity contribution >= 4 is 40.5 Å². The second-order valence-electron chi connectivity index (χ2n) is 6.78. The van der Waals surface area contributed by atoms with E-state index in [2.05, 4.69) is 5.32 Å². The molecule has 0 saturated heterocycles. The van der Waals surface area contributed by atoms with Crippen LogP contribution in [-0.2, 0) is 14.3 Å². The number of carbonyl (C=O) groups excluding carboxylic acids is 1. The van der Waals surface area contributed by atoms with Crippen molar-refractivity contribution in [3.05, 3.63) is 52.5 Å². The summed E-state index contributed by atoms with van der Waals surface area (Å²) in [4.78, 5) is 12.6. The molecule has 0 aliphatic carbocycles. The molecule has 2 aromatic rings. The average Bonchev–Trinajstić information content (AvgIpc) is 2.86. The summed E-state index contributed by atoms with van der Waals surface area (Å²) in [6, 6.07) is 11.1. The number of anilines is 1. The molecule has 1 N–H and O–H groups in total. The van der Waals surface area contributed by atoms with E-state index < -0.39 is 12.2 Å². The highest BCUT2D eigenvalue weighted by Crippen LogP contribution is 2.44. The lowest BCUT2D eigenvalue weighted by atomic mass is 9.98. The molecule has 0 spiro atoms. The normalized spacial score (nSPS) is 17.9. The van der Waals surface area contributed by atoms with Gasteiger partial charge in [-0.15, -0.1) is 0 Å². The minimum Gasteiger partial charge on any atom is -0.490 e. The Morgan fingerprint density at radius 1 is 1.10 bits per heavy atom. The van der Waals surface area contributed by atoms with Gasteiger partial charge in [0.05, 0.1) is 26.2 Å². The minimum atomic E-state index is -0.685. The highest BCUT2D eigenvalue weighted by atomic mass is 35.5. The molecule has 0 amide bonds. The molecule has 1 aliphatic rings. The van der Waals surface area contributed by atoms with Gasteiger partial charge in [-0.1, -0.05) is 36.0 Å². The number of thiocarbonyl (C=S) groups is 1. The van der Waals surface area contributed by atoms with E-state index in [0.717, 1.165) is 16.8 Å². The molecule has 6 nitrogen and oxygen atoms in total. The average molecular weight is 464 g/mol. The molecule has 0 aromatic heterocycles. The first-order valence-electron chi connectivity index (χ1n) is 10.3. The van der Waals surface area contributed by atoms with Gasteiger partial charge in [0.15, 0.2) is 11.5 Å². The van der Waals surface area contributed by atoms with Gasteiger partial charge in [0.25, 0.3) is 0 Å². The highest BCUT2D eigenvalue weighted by molar-refractivity contribution is 7.80. The van der Waals surface area contributed by atoms with E-state index in [0.29, 0.717) is 34.7 Å². The smallest absolute Gasteiger partial charge is 0.308 e. The molecule has 31 heavy (non-hydrogen) atoms. The van der Waals surface area contributed by atoms with E-state index >= 15 is 0 Å². The molecule has 0 radical (unpaired) electrons. The van der Waals surface area contributed by atoms with E-state index in [-0.39, 0.29) is 19.0 Å². The zero-order valence-electron chi connectivity index (χ0n) is 17.8. The second kappa shape index (κ2) is 10.8. The Morgan fingerprint density at radius 3 is 2.58 bits per heavy atom. The van der Waals surface area contributed by atoms with Gasteiger partial charge in [-0.3, -0.25) is 4.79 Å². The van der Waals surface area contributed by atoms with Crippen LogP contribution in [0.1, 0.15) is 44.4 Å². The van der Waals surface area contributed by atoms with Crippen molar-refractivity contribution in [2.45, 2.75) is 39.4 Å². The van der Waals surface area contributed by atoms with Crippen molar-refractivity contribution in [1.82, 2.24) is 0 Å². The molecule has 2 aromatic carbocycles. The van der Waals surface area contributed by atoms with E-state index in [1.54, 1.807) is 13.0 Å². The van der Waals surface area contributed by atoms with Gasteiger partial charge in [0, 0.05) is 21.8 Å². The van der Waals surface area contributed by atoms with Crippen LogP contribution in [0.2, 0.25) is 5.02 Å². The van der Waals surface area contributed by atoms with Crippen molar-refractivity contribution < 1.29 is 23.7 Å². The highest BCUT2D eigenvalue weighted by Gasteiger charge is 2.33. The van der Waals surface area contributed by atoms with Gasteiger partial charge in [0.2, 0.25) is 0 Å². The molecule has 2 unspecified atom stereocenters. The summed E-state index contributed by atoms with van der Waals surface area (Å²) in [6.45, 7) is 6.82. The maximum absolute atomic E-state index is 12.2. The van der Waals surface area contributed by atoms with E-state index in [9.17, 15) is 4.79 Å². The van der Waals surface area contributed by atoms with Crippen LogP contribution in [0.25, 0.3) is 0 Å². The molecule has 166 valence electrons. The standard InChI is InChI=1S/C23H26ClNO5S/c1-4-27-18-9-7-8-15(22(18)29-6-3)21-16-12-14(24)10-11-17(16)25-23(31)19(30-21)13-20(26)28-5-2/h7-12,19,21H,4-6,13H2,1-3H3,(H,25,31). The van der Waals surface area contributed by atoms with Crippen molar-refractivity contribution in [1.29, 1.82) is 0 Å². The van der Waals surface area contributed by atoms with Gasteiger partial charge in [-0.05, 0) is 45.0 Å². The van der Waals surface area contributed by atoms with Gasteiger partial charge < -0.3 is 24.3 Å². The van der Waals surface area contributed by atoms with Crippen LogP contribution in [0.3, 0.4) is 0 Å². The molecule has 0 bridgehead atoms. The van der Waals surface area contributed by atoms with Gasteiger partial charge >= 0.3 is 5.97 Å². The lowest BCUT2D eigenvalue weighted by Crippen LogP contribution is -2.31. The van der Waals surface area contributed by atoms with E-state index in [4.69, 9.17) is 42.8 Å². The fourth-order valence-corrected chi connectivity index (χ4v) is 3.87. The lowest BCUT2D eigenvalue weighted by molar-refractivity contribution is -0.145. The third kappa shape index (κ3) is 5.47. The van der Waals surface area contributed by atoms with E-state index in [1.807, 2.05) is 44.2 Å². The first-order valence-corrected chi connectivity index (χ1v) is 11.1. The van der Waals surface area contributed by atoms with Crippen molar-refractivity contribution in [3.63, 3.8) is 0 Å². The van der Waals surface area contributed by atoms with Crippen LogP contribution < -0.4 is 14.8 Å². The third-order valence-electron chi connectivity index (χ3n) is 4.68. The predicted octanol–water partition coefficient (Wildman–Crippen LogP) is 5.32. The van der Waals surface area contributed by atoms with Gasteiger partial charge in [-0.25, -0.2) is 0 Å². The molecule has 0 saturated carbocycles. The minimum absolute atomic E-state index is 0.00693. The number of hydrogen-bond acceptors (Lipinski definition) is 6. The van der Waals surface area contributed by atoms with Gasteiger partial charge in [-0.2, -0.15) is 0 Å². The number of benzene rings is 2. The van der Waals surface area contributed by atoms with Crippen LogP contribution in [0.5, 0.6) is 11.5 Å². The first-order chi connectivity index (χ1) is 15.0. The molecule has 2 atom stereocenters. The molecular formula is C23H26ClNO5S. The number of para-hydroxylation sites is 1. The Labute approximate surface area is 192 Å². The number of rotatable bonds is 8. The fraction of sp³-hybridized carbons (Fsp3) is 0.391. The summed E-state index contributed by atoms with van der Waals surface area (Å²) in [5, 5.41) is 3.76. The number of fused-ring (bicyclic) bond motifs is 1. The summed E-state index contributed by atoms with van der Waals surface area (Å²) in [6.07, 6.45) is -1.29. The number of halogens is 1.